The zero-order valence-corrected chi connectivity index (χ0v) is 7.31. The highest BCUT2D eigenvalue weighted by Crippen LogP contribution is 1.96. The first-order valence-corrected chi connectivity index (χ1v) is 3.83. The standard InChI is InChI=1S/C7H10N2OS/c1-5(2)9-4-3-6(11)8-7(9)10/h3-5H,1-2H3,(H,8,10,11). The molecule has 0 saturated carbocycles. The lowest BCUT2D eigenvalue weighted by Gasteiger charge is -2.06. The fraction of sp³-hybridized carbons (Fsp3) is 0.429. The second-order valence-electron chi connectivity index (χ2n) is 2.61. The van der Waals surface area contributed by atoms with Crippen molar-refractivity contribution in [2.75, 3.05) is 0 Å². The van der Waals surface area contributed by atoms with Gasteiger partial charge in [-0.05, 0) is 19.9 Å². The molecule has 0 bridgehead atoms. The van der Waals surface area contributed by atoms with Crippen LogP contribution in [0.1, 0.15) is 19.9 Å². The number of hydrogen-bond donors (Lipinski definition) is 1. The molecule has 0 radical (unpaired) electrons. The van der Waals surface area contributed by atoms with E-state index in [1.807, 2.05) is 13.8 Å². The molecule has 0 fully saturated rings. The molecule has 0 aliphatic heterocycles. The third-order valence-corrected chi connectivity index (χ3v) is 1.65. The maximum Gasteiger partial charge on any atom is 0.326 e. The van der Waals surface area contributed by atoms with Gasteiger partial charge in [0.15, 0.2) is 0 Å². The van der Waals surface area contributed by atoms with Gasteiger partial charge >= 0.3 is 5.69 Å². The smallest absolute Gasteiger partial charge is 0.298 e. The van der Waals surface area contributed by atoms with Crippen LogP contribution in [0.5, 0.6) is 0 Å². The van der Waals surface area contributed by atoms with Crippen molar-refractivity contribution in [2.24, 2.45) is 0 Å². The molecule has 0 aromatic carbocycles. The molecule has 0 aliphatic carbocycles. The van der Waals surface area contributed by atoms with Crippen LogP contribution in [-0.4, -0.2) is 9.55 Å². The lowest BCUT2D eigenvalue weighted by atomic mass is 10.4. The van der Waals surface area contributed by atoms with Gasteiger partial charge in [-0.2, -0.15) is 0 Å². The van der Waals surface area contributed by atoms with Crippen molar-refractivity contribution in [3.8, 4) is 0 Å². The van der Waals surface area contributed by atoms with E-state index >= 15 is 0 Å². The minimum atomic E-state index is -0.146. The predicted molar refractivity (Wildman–Crippen MR) is 46.3 cm³/mol. The van der Waals surface area contributed by atoms with Crippen LogP contribution in [0.4, 0.5) is 0 Å². The van der Waals surface area contributed by atoms with Gasteiger partial charge in [-0.3, -0.25) is 9.55 Å². The largest absolute Gasteiger partial charge is 0.326 e. The van der Waals surface area contributed by atoms with Gasteiger partial charge in [0.25, 0.3) is 0 Å². The summed E-state index contributed by atoms with van der Waals surface area (Å²) in [5.74, 6) is 0. The summed E-state index contributed by atoms with van der Waals surface area (Å²) in [6, 6.07) is 1.88. The summed E-state index contributed by atoms with van der Waals surface area (Å²) in [4.78, 5) is 13.7. The molecule has 1 aromatic heterocycles. The van der Waals surface area contributed by atoms with Gasteiger partial charge in [0.1, 0.15) is 4.64 Å². The number of aromatic amines is 1. The number of hydrogen-bond acceptors (Lipinski definition) is 2. The van der Waals surface area contributed by atoms with Crippen molar-refractivity contribution in [1.82, 2.24) is 9.55 Å². The fourth-order valence-corrected chi connectivity index (χ4v) is 0.982. The molecule has 0 atom stereocenters. The van der Waals surface area contributed by atoms with Crippen LogP contribution in [0.15, 0.2) is 17.1 Å². The maximum absolute atomic E-state index is 11.1. The molecule has 0 amide bonds. The summed E-state index contributed by atoms with van der Waals surface area (Å²) in [6.45, 7) is 3.89. The first kappa shape index (κ1) is 8.20. The zero-order chi connectivity index (χ0) is 8.43. The number of aromatic nitrogens is 2. The Balaban J connectivity index is 3.32. The summed E-state index contributed by atoms with van der Waals surface area (Å²) >= 11 is 4.78. The molecule has 11 heavy (non-hydrogen) atoms. The summed E-state index contributed by atoms with van der Waals surface area (Å²) in [7, 11) is 0. The predicted octanol–water partition coefficient (Wildman–Crippen LogP) is 1.49. The Morgan fingerprint density at radius 1 is 1.64 bits per heavy atom. The monoisotopic (exact) mass is 170 g/mol. The van der Waals surface area contributed by atoms with E-state index in [1.54, 1.807) is 16.8 Å². The fourth-order valence-electron chi connectivity index (χ4n) is 0.834. The Bertz CT molecular complexity index is 350. The summed E-state index contributed by atoms with van der Waals surface area (Å²) in [6.07, 6.45) is 1.70. The number of nitrogens with one attached hydrogen (secondary N) is 1. The molecule has 0 aliphatic rings. The topological polar surface area (TPSA) is 37.8 Å². The van der Waals surface area contributed by atoms with Gasteiger partial charge in [0, 0.05) is 12.2 Å². The second-order valence-corrected chi connectivity index (χ2v) is 3.05. The van der Waals surface area contributed by atoms with E-state index in [0.717, 1.165) is 0 Å². The van der Waals surface area contributed by atoms with E-state index in [-0.39, 0.29) is 11.7 Å². The van der Waals surface area contributed by atoms with E-state index in [2.05, 4.69) is 4.98 Å². The molecule has 1 aromatic rings. The van der Waals surface area contributed by atoms with E-state index in [4.69, 9.17) is 12.2 Å². The minimum Gasteiger partial charge on any atom is -0.298 e. The molecule has 1 N–H and O–H groups in total. The van der Waals surface area contributed by atoms with Crippen molar-refractivity contribution >= 4 is 12.2 Å². The first-order chi connectivity index (χ1) is 5.11. The Hall–Kier alpha value is -0.900. The van der Waals surface area contributed by atoms with E-state index in [1.165, 1.54) is 0 Å². The van der Waals surface area contributed by atoms with Crippen LogP contribution in [-0.2, 0) is 0 Å². The lowest BCUT2D eigenvalue weighted by molar-refractivity contribution is 0.562. The molecule has 1 rings (SSSR count). The number of rotatable bonds is 1. The van der Waals surface area contributed by atoms with E-state index in [9.17, 15) is 4.79 Å². The summed E-state index contributed by atoms with van der Waals surface area (Å²) in [5, 5.41) is 0. The summed E-state index contributed by atoms with van der Waals surface area (Å²) in [5.41, 5.74) is -0.146. The van der Waals surface area contributed by atoms with Crippen LogP contribution in [0.25, 0.3) is 0 Å². The second kappa shape index (κ2) is 3.00. The third-order valence-electron chi connectivity index (χ3n) is 1.41. The van der Waals surface area contributed by atoms with Crippen molar-refractivity contribution < 1.29 is 0 Å². The highest BCUT2D eigenvalue weighted by molar-refractivity contribution is 7.71. The molecule has 3 nitrogen and oxygen atoms in total. The quantitative estimate of drug-likeness (QED) is 0.648. The average molecular weight is 170 g/mol. The van der Waals surface area contributed by atoms with Crippen LogP contribution in [0.2, 0.25) is 0 Å². The van der Waals surface area contributed by atoms with Crippen molar-refractivity contribution in [3.05, 3.63) is 27.4 Å². The molecule has 0 unspecified atom stereocenters. The molecule has 1 heterocycles. The molecule has 4 heteroatoms. The van der Waals surface area contributed by atoms with E-state index in [0.29, 0.717) is 4.64 Å². The Morgan fingerprint density at radius 2 is 2.27 bits per heavy atom. The van der Waals surface area contributed by atoms with Gasteiger partial charge in [0.05, 0.1) is 0 Å². The highest BCUT2D eigenvalue weighted by Gasteiger charge is 1.97. The van der Waals surface area contributed by atoms with Crippen LogP contribution in [0, 0.1) is 4.64 Å². The van der Waals surface area contributed by atoms with Gasteiger partial charge in [0.2, 0.25) is 0 Å². The Morgan fingerprint density at radius 3 is 2.73 bits per heavy atom. The van der Waals surface area contributed by atoms with Gasteiger partial charge in [-0.25, -0.2) is 4.79 Å². The maximum atomic E-state index is 11.1. The SMILES string of the molecule is CC(C)n1ccc(=S)[nH]c1=O. The lowest BCUT2D eigenvalue weighted by Crippen LogP contribution is -2.23. The van der Waals surface area contributed by atoms with Crippen LogP contribution < -0.4 is 5.69 Å². The minimum absolute atomic E-state index is 0.146. The Labute approximate surface area is 69.7 Å². The van der Waals surface area contributed by atoms with Crippen molar-refractivity contribution in [2.45, 2.75) is 19.9 Å². The number of H-pyrrole nitrogens is 1. The van der Waals surface area contributed by atoms with Crippen molar-refractivity contribution in [3.63, 3.8) is 0 Å². The van der Waals surface area contributed by atoms with Gasteiger partial charge in [-0.15, -0.1) is 0 Å². The summed E-state index contributed by atoms with van der Waals surface area (Å²) < 4.78 is 2.07. The van der Waals surface area contributed by atoms with E-state index < -0.39 is 0 Å². The molecular weight excluding hydrogens is 160 g/mol. The van der Waals surface area contributed by atoms with Crippen LogP contribution >= 0.6 is 12.2 Å². The zero-order valence-electron chi connectivity index (χ0n) is 6.50. The van der Waals surface area contributed by atoms with Crippen molar-refractivity contribution in [1.29, 1.82) is 0 Å². The Kier molecular flexibility index (Phi) is 2.24. The molecule has 0 spiro atoms. The van der Waals surface area contributed by atoms with Gasteiger partial charge < -0.3 is 0 Å². The molecule has 0 saturated heterocycles. The number of nitrogens with zero attached hydrogens (tertiary/aromatic N) is 1. The highest BCUT2D eigenvalue weighted by atomic mass is 32.1. The average Bonchev–Trinajstić information content (AvgIpc) is 1.85. The van der Waals surface area contributed by atoms with Gasteiger partial charge in [-0.1, -0.05) is 12.2 Å². The molecular formula is C7H10N2OS. The molecule has 60 valence electrons. The first-order valence-electron chi connectivity index (χ1n) is 3.42. The third kappa shape index (κ3) is 1.77. The normalized spacial score (nSPS) is 10.5. The van der Waals surface area contributed by atoms with Crippen LogP contribution in [0.3, 0.4) is 0 Å².